The van der Waals surface area contributed by atoms with E-state index in [2.05, 4.69) is 10.6 Å². The van der Waals surface area contributed by atoms with Gasteiger partial charge in [0.15, 0.2) is 0 Å². The summed E-state index contributed by atoms with van der Waals surface area (Å²) in [6.45, 7) is 2.99. The van der Waals surface area contributed by atoms with Crippen molar-refractivity contribution in [3.8, 4) is 0 Å². The lowest BCUT2D eigenvalue weighted by Gasteiger charge is -2.26. The Morgan fingerprint density at radius 2 is 2.47 bits per heavy atom. The fraction of sp³-hybridized carbons (Fsp3) is 0.900. The van der Waals surface area contributed by atoms with Gasteiger partial charge in [-0.15, -0.1) is 0 Å². The van der Waals surface area contributed by atoms with E-state index in [1.807, 2.05) is 6.92 Å². The first kappa shape index (κ1) is 12.4. The highest BCUT2D eigenvalue weighted by atomic mass is 16.5. The number of carbonyl (C=O) groups is 1. The highest BCUT2D eigenvalue weighted by Crippen LogP contribution is 2.18. The van der Waals surface area contributed by atoms with Crippen LogP contribution >= 0.6 is 0 Å². The van der Waals surface area contributed by atoms with Gasteiger partial charge in [-0.05, 0) is 26.3 Å². The second-order valence-corrected chi connectivity index (χ2v) is 4.17. The number of hydrogen-bond donors (Lipinski definition) is 3. The summed E-state index contributed by atoms with van der Waals surface area (Å²) in [7, 11) is 1.55. The Bertz CT molecular complexity index is 215. The van der Waals surface area contributed by atoms with Crippen LogP contribution in [-0.4, -0.2) is 49.5 Å². The highest BCUT2D eigenvalue weighted by molar-refractivity contribution is 5.86. The summed E-state index contributed by atoms with van der Waals surface area (Å²) in [6.07, 6.45) is 1.85. The van der Waals surface area contributed by atoms with E-state index in [0.717, 1.165) is 19.4 Å². The fourth-order valence-corrected chi connectivity index (χ4v) is 1.77. The SMILES string of the molecule is COCC(CO)NC(=O)C1(C)CCCN1. The van der Waals surface area contributed by atoms with Crippen molar-refractivity contribution in [1.82, 2.24) is 10.6 Å². The van der Waals surface area contributed by atoms with Crippen LogP contribution in [0.15, 0.2) is 0 Å². The topological polar surface area (TPSA) is 70.6 Å². The van der Waals surface area contributed by atoms with Gasteiger partial charge in [0.25, 0.3) is 0 Å². The third-order valence-electron chi connectivity index (χ3n) is 2.79. The zero-order valence-electron chi connectivity index (χ0n) is 9.38. The van der Waals surface area contributed by atoms with Crippen molar-refractivity contribution in [3.63, 3.8) is 0 Å². The van der Waals surface area contributed by atoms with Gasteiger partial charge in [-0.3, -0.25) is 4.79 Å². The predicted molar refractivity (Wildman–Crippen MR) is 56.5 cm³/mol. The monoisotopic (exact) mass is 216 g/mol. The van der Waals surface area contributed by atoms with Crippen LogP contribution in [-0.2, 0) is 9.53 Å². The Balaban J connectivity index is 2.45. The average Bonchev–Trinajstić information content (AvgIpc) is 2.65. The number of carbonyl (C=O) groups excluding carboxylic acids is 1. The van der Waals surface area contributed by atoms with Gasteiger partial charge in [-0.25, -0.2) is 0 Å². The maximum Gasteiger partial charge on any atom is 0.240 e. The lowest BCUT2D eigenvalue weighted by Crippen LogP contribution is -2.55. The Morgan fingerprint density at radius 3 is 2.93 bits per heavy atom. The van der Waals surface area contributed by atoms with E-state index in [-0.39, 0.29) is 18.6 Å². The van der Waals surface area contributed by atoms with Crippen molar-refractivity contribution >= 4 is 5.91 Å². The molecule has 0 saturated carbocycles. The van der Waals surface area contributed by atoms with E-state index in [0.29, 0.717) is 6.61 Å². The predicted octanol–water partition coefficient (Wildman–Crippen LogP) is -0.748. The van der Waals surface area contributed by atoms with Crippen molar-refractivity contribution in [2.75, 3.05) is 26.9 Å². The van der Waals surface area contributed by atoms with Crippen molar-refractivity contribution in [1.29, 1.82) is 0 Å². The number of hydrogen-bond acceptors (Lipinski definition) is 4. The van der Waals surface area contributed by atoms with E-state index in [4.69, 9.17) is 9.84 Å². The molecule has 1 aliphatic heterocycles. The Labute approximate surface area is 90.2 Å². The minimum atomic E-state index is -0.485. The number of rotatable bonds is 5. The van der Waals surface area contributed by atoms with Gasteiger partial charge >= 0.3 is 0 Å². The molecule has 3 N–H and O–H groups in total. The first-order chi connectivity index (χ1) is 7.12. The van der Waals surface area contributed by atoms with Gasteiger partial charge in [0.1, 0.15) is 0 Å². The average molecular weight is 216 g/mol. The lowest BCUT2D eigenvalue weighted by atomic mass is 9.99. The second kappa shape index (κ2) is 5.44. The van der Waals surface area contributed by atoms with Gasteiger partial charge in [-0.1, -0.05) is 0 Å². The molecule has 0 aromatic heterocycles. The maximum atomic E-state index is 11.9. The molecule has 1 fully saturated rings. The van der Waals surface area contributed by atoms with Crippen LogP contribution in [0.5, 0.6) is 0 Å². The zero-order valence-corrected chi connectivity index (χ0v) is 9.38. The molecule has 1 saturated heterocycles. The zero-order chi connectivity index (χ0) is 11.3. The van der Waals surface area contributed by atoms with Gasteiger partial charge in [0.05, 0.1) is 24.8 Å². The van der Waals surface area contributed by atoms with Crippen LogP contribution < -0.4 is 10.6 Å². The molecular formula is C10H20N2O3. The molecule has 1 heterocycles. The molecule has 0 aromatic carbocycles. The molecule has 0 spiro atoms. The Morgan fingerprint density at radius 1 is 1.73 bits per heavy atom. The van der Waals surface area contributed by atoms with Crippen LogP contribution in [0.3, 0.4) is 0 Å². The molecule has 0 aromatic rings. The van der Waals surface area contributed by atoms with E-state index < -0.39 is 5.54 Å². The minimum Gasteiger partial charge on any atom is -0.394 e. The molecule has 1 amide bonds. The summed E-state index contributed by atoms with van der Waals surface area (Å²) in [6, 6.07) is -0.318. The molecule has 15 heavy (non-hydrogen) atoms. The van der Waals surface area contributed by atoms with Crippen LogP contribution in [0, 0.1) is 0 Å². The number of ether oxygens (including phenoxy) is 1. The first-order valence-corrected chi connectivity index (χ1v) is 5.28. The third-order valence-corrected chi connectivity index (χ3v) is 2.79. The molecule has 1 rings (SSSR count). The van der Waals surface area contributed by atoms with Gasteiger partial charge in [0.2, 0.25) is 5.91 Å². The molecule has 0 aliphatic carbocycles. The number of nitrogens with one attached hydrogen (secondary N) is 2. The van der Waals surface area contributed by atoms with Crippen molar-refractivity contribution in [2.24, 2.45) is 0 Å². The van der Waals surface area contributed by atoms with E-state index in [1.54, 1.807) is 7.11 Å². The smallest absolute Gasteiger partial charge is 0.240 e. The maximum absolute atomic E-state index is 11.9. The fourth-order valence-electron chi connectivity index (χ4n) is 1.77. The van der Waals surface area contributed by atoms with Crippen LogP contribution in [0.2, 0.25) is 0 Å². The van der Waals surface area contributed by atoms with Crippen molar-refractivity contribution < 1.29 is 14.6 Å². The molecular weight excluding hydrogens is 196 g/mol. The highest BCUT2D eigenvalue weighted by Gasteiger charge is 2.36. The second-order valence-electron chi connectivity index (χ2n) is 4.17. The van der Waals surface area contributed by atoms with Crippen LogP contribution in [0.4, 0.5) is 0 Å². The molecule has 5 nitrogen and oxygen atoms in total. The number of methoxy groups -OCH3 is 1. The third kappa shape index (κ3) is 3.15. The summed E-state index contributed by atoms with van der Waals surface area (Å²) in [5.41, 5.74) is -0.485. The standard InChI is InChI=1S/C10H20N2O3/c1-10(4-3-5-11-10)9(14)12-8(6-13)7-15-2/h8,11,13H,3-7H2,1-2H3,(H,12,14). The summed E-state index contributed by atoms with van der Waals surface area (Å²) in [4.78, 5) is 11.9. The molecule has 88 valence electrons. The molecule has 2 unspecified atom stereocenters. The molecule has 0 radical (unpaired) electrons. The number of aliphatic hydroxyl groups excluding tert-OH is 1. The quantitative estimate of drug-likeness (QED) is 0.565. The number of amides is 1. The summed E-state index contributed by atoms with van der Waals surface area (Å²) in [5, 5.41) is 15.0. The van der Waals surface area contributed by atoms with Gasteiger partial charge < -0.3 is 20.5 Å². The van der Waals surface area contributed by atoms with E-state index >= 15 is 0 Å². The largest absolute Gasteiger partial charge is 0.394 e. The van der Waals surface area contributed by atoms with Gasteiger partial charge in [-0.2, -0.15) is 0 Å². The van der Waals surface area contributed by atoms with E-state index in [1.165, 1.54) is 0 Å². The van der Waals surface area contributed by atoms with Gasteiger partial charge in [0, 0.05) is 7.11 Å². The molecule has 5 heteroatoms. The molecule has 0 bridgehead atoms. The van der Waals surface area contributed by atoms with Crippen molar-refractivity contribution in [3.05, 3.63) is 0 Å². The summed E-state index contributed by atoms with van der Waals surface area (Å²) < 4.78 is 4.90. The normalized spacial score (nSPS) is 27.7. The van der Waals surface area contributed by atoms with Crippen molar-refractivity contribution in [2.45, 2.75) is 31.3 Å². The molecule has 1 aliphatic rings. The molecule has 2 atom stereocenters. The van der Waals surface area contributed by atoms with Crippen LogP contribution in [0.1, 0.15) is 19.8 Å². The van der Waals surface area contributed by atoms with Crippen LogP contribution in [0.25, 0.3) is 0 Å². The minimum absolute atomic E-state index is 0.0592. The van der Waals surface area contributed by atoms with E-state index in [9.17, 15) is 4.79 Å². The summed E-state index contributed by atoms with van der Waals surface area (Å²) >= 11 is 0. The summed E-state index contributed by atoms with van der Waals surface area (Å²) in [5.74, 6) is -0.0592. The Hall–Kier alpha value is -0.650. The first-order valence-electron chi connectivity index (χ1n) is 5.28. The number of aliphatic hydroxyl groups is 1. The Kier molecular flexibility index (Phi) is 4.50. The lowest BCUT2D eigenvalue weighted by molar-refractivity contribution is -0.128.